The van der Waals surface area contributed by atoms with Crippen LogP contribution in [0.5, 0.6) is 0 Å². The Labute approximate surface area is 75.1 Å². The van der Waals surface area contributed by atoms with Crippen molar-refractivity contribution in [2.75, 3.05) is 0 Å². The molecular weight excluding hydrogens is 180 g/mol. The number of aliphatic carboxylic acids is 1. The summed E-state index contributed by atoms with van der Waals surface area (Å²) in [7, 11) is 0. The Hall–Kier alpha value is -0.690. The number of hydrogen-bond acceptors (Lipinski definition) is 5. The van der Waals surface area contributed by atoms with Gasteiger partial charge in [-0.2, -0.15) is 0 Å². The maximum absolute atomic E-state index is 10.2. The number of carbonyl (C=O) groups is 1. The standard InChI is InChI=1S/C7H14O6/c1-2-3-4-6(10,11)7(12,13)5(8)9/h10-13H,2-4H2,1H3,(H,8,9). The molecule has 0 fully saturated rings. The first-order valence-electron chi connectivity index (χ1n) is 3.88. The molecule has 0 amide bonds. The van der Waals surface area contributed by atoms with E-state index in [1.165, 1.54) is 0 Å². The molecule has 0 bridgehead atoms. The van der Waals surface area contributed by atoms with Gasteiger partial charge in [-0.15, -0.1) is 0 Å². The van der Waals surface area contributed by atoms with Crippen molar-refractivity contribution in [2.24, 2.45) is 0 Å². The zero-order valence-corrected chi connectivity index (χ0v) is 7.27. The monoisotopic (exact) mass is 194 g/mol. The summed E-state index contributed by atoms with van der Waals surface area (Å²) in [6.45, 7) is 1.74. The fourth-order valence-electron chi connectivity index (χ4n) is 0.769. The highest BCUT2D eigenvalue weighted by Crippen LogP contribution is 2.23. The Morgan fingerprint density at radius 2 is 1.69 bits per heavy atom. The third-order valence-electron chi connectivity index (χ3n) is 1.74. The number of hydrogen-bond donors (Lipinski definition) is 5. The smallest absolute Gasteiger partial charge is 0.370 e. The van der Waals surface area contributed by atoms with Crippen LogP contribution in [0, 0.1) is 0 Å². The summed E-state index contributed by atoms with van der Waals surface area (Å²) >= 11 is 0. The van der Waals surface area contributed by atoms with Gasteiger partial charge >= 0.3 is 11.8 Å². The highest BCUT2D eigenvalue weighted by atomic mass is 16.6. The van der Waals surface area contributed by atoms with Crippen molar-refractivity contribution >= 4 is 5.97 Å². The molecule has 6 heteroatoms. The van der Waals surface area contributed by atoms with Crippen molar-refractivity contribution in [1.29, 1.82) is 0 Å². The SMILES string of the molecule is CCCCC(O)(O)C(O)(O)C(=O)O. The number of unbranched alkanes of at least 4 members (excludes halogenated alkanes) is 1. The van der Waals surface area contributed by atoms with Gasteiger partial charge in [-0.25, -0.2) is 4.79 Å². The Morgan fingerprint density at radius 3 is 2.00 bits per heavy atom. The lowest BCUT2D eigenvalue weighted by Gasteiger charge is -2.31. The lowest BCUT2D eigenvalue weighted by Crippen LogP contribution is -2.59. The van der Waals surface area contributed by atoms with Crippen molar-refractivity contribution in [3.05, 3.63) is 0 Å². The molecule has 78 valence electrons. The molecule has 0 saturated heterocycles. The van der Waals surface area contributed by atoms with Crippen LogP contribution in [0.3, 0.4) is 0 Å². The summed E-state index contributed by atoms with van der Waals surface area (Å²) in [5, 5.41) is 43.9. The van der Waals surface area contributed by atoms with Crippen molar-refractivity contribution < 1.29 is 30.3 Å². The summed E-state index contributed by atoms with van der Waals surface area (Å²) in [5.74, 6) is -8.63. The molecule has 0 saturated carbocycles. The molecule has 0 aromatic carbocycles. The average molecular weight is 194 g/mol. The van der Waals surface area contributed by atoms with E-state index in [4.69, 9.17) is 25.5 Å². The van der Waals surface area contributed by atoms with Gasteiger partial charge in [0.05, 0.1) is 0 Å². The van der Waals surface area contributed by atoms with E-state index in [0.717, 1.165) is 0 Å². The summed E-state index contributed by atoms with van der Waals surface area (Å²) in [4.78, 5) is 10.2. The Kier molecular flexibility index (Phi) is 3.80. The molecular formula is C7H14O6. The molecule has 0 atom stereocenters. The maximum Gasteiger partial charge on any atom is 0.370 e. The number of aliphatic hydroxyl groups is 4. The van der Waals surface area contributed by atoms with Gasteiger partial charge in [0, 0.05) is 6.42 Å². The molecule has 0 aliphatic rings. The van der Waals surface area contributed by atoms with Crippen LogP contribution >= 0.6 is 0 Å². The minimum absolute atomic E-state index is 0.281. The Morgan fingerprint density at radius 1 is 1.23 bits per heavy atom. The van der Waals surface area contributed by atoms with Crippen molar-refractivity contribution in [3.8, 4) is 0 Å². The van der Waals surface area contributed by atoms with Crippen LogP contribution in [-0.4, -0.2) is 43.1 Å². The second-order valence-corrected chi connectivity index (χ2v) is 2.90. The van der Waals surface area contributed by atoms with Gasteiger partial charge in [-0.1, -0.05) is 13.3 Å². The van der Waals surface area contributed by atoms with Crippen LogP contribution in [0.2, 0.25) is 0 Å². The van der Waals surface area contributed by atoms with E-state index >= 15 is 0 Å². The molecule has 0 aromatic heterocycles. The van der Waals surface area contributed by atoms with E-state index in [0.29, 0.717) is 6.42 Å². The molecule has 0 spiro atoms. The zero-order valence-electron chi connectivity index (χ0n) is 7.27. The van der Waals surface area contributed by atoms with Crippen LogP contribution in [0.4, 0.5) is 0 Å². The normalized spacial score (nSPS) is 13.0. The van der Waals surface area contributed by atoms with E-state index < -0.39 is 24.0 Å². The van der Waals surface area contributed by atoms with Crippen LogP contribution in [0.1, 0.15) is 26.2 Å². The topological polar surface area (TPSA) is 118 Å². The van der Waals surface area contributed by atoms with Gasteiger partial charge in [0.1, 0.15) is 0 Å². The van der Waals surface area contributed by atoms with E-state index in [-0.39, 0.29) is 6.42 Å². The van der Waals surface area contributed by atoms with Crippen LogP contribution < -0.4 is 0 Å². The number of carboxylic acids is 1. The molecule has 13 heavy (non-hydrogen) atoms. The minimum Gasteiger partial charge on any atom is -0.477 e. The highest BCUT2D eigenvalue weighted by molar-refractivity contribution is 5.76. The molecule has 0 aliphatic heterocycles. The molecule has 0 aromatic rings. The third-order valence-corrected chi connectivity index (χ3v) is 1.74. The van der Waals surface area contributed by atoms with Crippen molar-refractivity contribution in [2.45, 2.75) is 37.8 Å². The Balaban J connectivity index is 4.50. The average Bonchev–Trinajstić information content (AvgIpc) is 2.00. The summed E-state index contributed by atoms with van der Waals surface area (Å²) < 4.78 is 0. The quantitative estimate of drug-likeness (QED) is 0.344. The fourth-order valence-corrected chi connectivity index (χ4v) is 0.769. The fraction of sp³-hybridized carbons (Fsp3) is 0.857. The summed E-state index contributed by atoms with van der Waals surface area (Å²) in [6.07, 6.45) is 0.449. The van der Waals surface area contributed by atoms with E-state index in [9.17, 15) is 4.79 Å². The first-order valence-corrected chi connectivity index (χ1v) is 3.88. The van der Waals surface area contributed by atoms with Gasteiger partial charge < -0.3 is 25.5 Å². The third kappa shape index (κ3) is 2.63. The molecule has 0 unspecified atom stereocenters. The summed E-state index contributed by atoms with van der Waals surface area (Å²) in [6, 6.07) is 0. The second-order valence-electron chi connectivity index (χ2n) is 2.90. The molecule has 6 nitrogen and oxygen atoms in total. The van der Waals surface area contributed by atoms with Crippen molar-refractivity contribution in [3.63, 3.8) is 0 Å². The van der Waals surface area contributed by atoms with Gasteiger partial charge in [0.2, 0.25) is 5.79 Å². The summed E-state index contributed by atoms with van der Waals surface area (Å²) in [5.41, 5.74) is 0. The van der Waals surface area contributed by atoms with E-state index in [2.05, 4.69) is 0 Å². The van der Waals surface area contributed by atoms with Gasteiger partial charge in [0.25, 0.3) is 0 Å². The molecule has 0 heterocycles. The predicted molar refractivity (Wildman–Crippen MR) is 41.5 cm³/mol. The van der Waals surface area contributed by atoms with E-state index in [1.807, 2.05) is 0 Å². The second kappa shape index (κ2) is 4.01. The maximum atomic E-state index is 10.2. The first-order chi connectivity index (χ1) is 5.75. The predicted octanol–water partition coefficient (Wildman–Crippen LogP) is -1.38. The number of rotatable bonds is 5. The minimum atomic E-state index is -3.53. The lowest BCUT2D eigenvalue weighted by atomic mass is 10.00. The van der Waals surface area contributed by atoms with Crippen molar-refractivity contribution in [1.82, 2.24) is 0 Å². The Bertz CT molecular complexity index is 185. The molecule has 0 aliphatic carbocycles. The molecule has 5 N–H and O–H groups in total. The largest absolute Gasteiger partial charge is 0.477 e. The van der Waals surface area contributed by atoms with E-state index in [1.54, 1.807) is 6.92 Å². The van der Waals surface area contributed by atoms with Gasteiger partial charge in [-0.05, 0) is 6.42 Å². The molecule has 0 rings (SSSR count). The number of carboxylic acid groups (broad SMARTS) is 1. The van der Waals surface area contributed by atoms with Gasteiger partial charge in [-0.3, -0.25) is 0 Å². The van der Waals surface area contributed by atoms with Crippen LogP contribution in [0.25, 0.3) is 0 Å². The van der Waals surface area contributed by atoms with Gasteiger partial charge in [0.15, 0.2) is 0 Å². The highest BCUT2D eigenvalue weighted by Gasteiger charge is 2.53. The molecule has 0 radical (unpaired) electrons. The van der Waals surface area contributed by atoms with Crippen LogP contribution in [-0.2, 0) is 4.79 Å². The van der Waals surface area contributed by atoms with Crippen LogP contribution in [0.15, 0.2) is 0 Å². The first kappa shape index (κ1) is 12.3. The zero-order chi connectivity index (χ0) is 10.7. The lowest BCUT2D eigenvalue weighted by molar-refractivity contribution is -0.346.